The van der Waals surface area contributed by atoms with E-state index in [0.29, 0.717) is 18.3 Å². The van der Waals surface area contributed by atoms with Gasteiger partial charge in [-0.2, -0.15) is 0 Å². The van der Waals surface area contributed by atoms with Crippen LogP contribution in [0, 0.1) is 0 Å². The third-order valence-corrected chi connectivity index (χ3v) is 7.40. The molecule has 140 valence electrons. The molecule has 0 radical (unpaired) electrons. The topological polar surface area (TPSA) is 62.6 Å². The van der Waals surface area contributed by atoms with Crippen molar-refractivity contribution in [1.82, 2.24) is 9.62 Å². The molecular formula is C19H23ClN2O3S. The Bertz CT molecular complexity index is 849. The summed E-state index contributed by atoms with van der Waals surface area (Å²) in [6, 6.07) is 13.7. The standard InChI is InChI=1S/C19H23ClN2O3S/c20-19-9-6-15(25-19)12-22-11-10-17(14-4-2-1-3-5-14)18(13-22)21-26(23,24)16-7-8-16/h1-6,9,16-18,21H,7-8,10-13H2/t17-,18-/m0/s1. The van der Waals surface area contributed by atoms with Crippen LogP contribution in [0.15, 0.2) is 46.9 Å². The summed E-state index contributed by atoms with van der Waals surface area (Å²) in [6.07, 6.45) is 2.44. The van der Waals surface area contributed by atoms with Crippen molar-refractivity contribution < 1.29 is 12.8 Å². The van der Waals surface area contributed by atoms with E-state index in [1.165, 1.54) is 5.56 Å². The van der Waals surface area contributed by atoms with Gasteiger partial charge < -0.3 is 4.42 Å². The number of benzene rings is 1. The maximum absolute atomic E-state index is 12.5. The molecule has 5 nitrogen and oxygen atoms in total. The minimum atomic E-state index is -3.24. The van der Waals surface area contributed by atoms with E-state index < -0.39 is 10.0 Å². The fraction of sp³-hybridized carbons (Fsp3) is 0.474. The largest absolute Gasteiger partial charge is 0.448 e. The van der Waals surface area contributed by atoms with E-state index in [0.717, 1.165) is 31.6 Å². The van der Waals surface area contributed by atoms with Crippen LogP contribution in [0.1, 0.15) is 36.5 Å². The SMILES string of the molecule is O=S(=O)(N[C@H]1CN(Cc2ccc(Cl)o2)CC[C@H]1c1ccccc1)C1CC1. The fourth-order valence-electron chi connectivity index (χ4n) is 3.72. The molecule has 7 heteroatoms. The number of nitrogens with one attached hydrogen (secondary N) is 1. The average molecular weight is 395 g/mol. The predicted molar refractivity (Wildman–Crippen MR) is 102 cm³/mol. The molecule has 2 aromatic rings. The van der Waals surface area contributed by atoms with Crippen molar-refractivity contribution in [2.24, 2.45) is 0 Å². The Balaban J connectivity index is 1.52. The van der Waals surface area contributed by atoms with Gasteiger partial charge in [-0.3, -0.25) is 4.90 Å². The molecule has 0 spiro atoms. The van der Waals surface area contributed by atoms with Gasteiger partial charge in [0.05, 0.1) is 11.8 Å². The highest BCUT2D eigenvalue weighted by Crippen LogP contribution is 2.33. The van der Waals surface area contributed by atoms with E-state index in [9.17, 15) is 8.42 Å². The van der Waals surface area contributed by atoms with Crippen LogP contribution in [-0.4, -0.2) is 37.7 Å². The number of furan rings is 1. The lowest BCUT2D eigenvalue weighted by molar-refractivity contribution is 0.165. The van der Waals surface area contributed by atoms with E-state index in [4.69, 9.17) is 16.0 Å². The van der Waals surface area contributed by atoms with Crippen LogP contribution in [-0.2, 0) is 16.6 Å². The number of hydrogen-bond acceptors (Lipinski definition) is 4. The highest BCUT2D eigenvalue weighted by Gasteiger charge is 2.40. The summed E-state index contributed by atoms with van der Waals surface area (Å²) < 4.78 is 33.5. The van der Waals surface area contributed by atoms with Crippen LogP contribution in [0.5, 0.6) is 0 Å². The third-order valence-electron chi connectivity index (χ3n) is 5.21. The van der Waals surface area contributed by atoms with Gasteiger partial charge in [-0.25, -0.2) is 13.1 Å². The first-order valence-corrected chi connectivity index (χ1v) is 11.0. The molecule has 0 unspecified atom stereocenters. The molecule has 0 amide bonds. The summed E-state index contributed by atoms with van der Waals surface area (Å²) >= 11 is 5.86. The van der Waals surface area contributed by atoms with E-state index in [-0.39, 0.29) is 17.2 Å². The van der Waals surface area contributed by atoms with E-state index in [1.54, 1.807) is 6.07 Å². The third kappa shape index (κ3) is 4.14. The number of hydrogen-bond donors (Lipinski definition) is 1. The van der Waals surface area contributed by atoms with E-state index in [1.807, 2.05) is 24.3 Å². The number of sulfonamides is 1. The highest BCUT2D eigenvalue weighted by molar-refractivity contribution is 7.90. The zero-order chi connectivity index (χ0) is 18.1. The normalized spacial score (nSPS) is 24.7. The molecule has 26 heavy (non-hydrogen) atoms. The monoisotopic (exact) mass is 394 g/mol. The molecule has 1 saturated heterocycles. The number of rotatable bonds is 6. The molecule has 2 heterocycles. The van der Waals surface area contributed by atoms with E-state index >= 15 is 0 Å². The van der Waals surface area contributed by atoms with Crippen molar-refractivity contribution >= 4 is 21.6 Å². The molecule has 1 aromatic heterocycles. The Hall–Kier alpha value is -1.34. The van der Waals surface area contributed by atoms with Crippen molar-refractivity contribution in [1.29, 1.82) is 0 Å². The molecule has 1 saturated carbocycles. The summed E-state index contributed by atoms with van der Waals surface area (Å²) in [7, 11) is -3.24. The van der Waals surface area contributed by atoms with Crippen LogP contribution in [0.4, 0.5) is 0 Å². The molecular weight excluding hydrogens is 372 g/mol. The molecule has 2 fully saturated rings. The second kappa shape index (κ2) is 7.35. The van der Waals surface area contributed by atoms with Crippen molar-refractivity contribution in [2.45, 2.75) is 43.0 Å². The second-order valence-electron chi connectivity index (χ2n) is 7.22. The Labute approximate surface area is 159 Å². The van der Waals surface area contributed by atoms with Crippen LogP contribution < -0.4 is 4.72 Å². The van der Waals surface area contributed by atoms with Gasteiger partial charge in [-0.1, -0.05) is 30.3 Å². The highest BCUT2D eigenvalue weighted by atomic mass is 35.5. The van der Waals surface area contributed by atoms with Gasteiger partial charge in [0.1, 0.15) is 5.76 Å². The Morgan fingerprint density at radius 3 is 2.54 bits per heavy atom. The number of likely N-dealkylation sites (tertiary alicyclic amines) is 1. The minimum absolute atomic E-state index is 0.137. The van der Waals surface area contributed by atoms with Crippen LogP contribution in [0.25, 0.3) is 0 Å². The van der Waals surface area contributed by atoms with E-state index in [2.05, 4.69) is 21.8 Å². The number of nitrogens with zero attached hydrogens (tertiary/aromatic N) is 1. The molecule has 4 rings (SSSR count). The molecule has 1 aliphatic heterocycles. The summed E-state index contributed by atoms with van der Waals surface area (Å²) in [4.78, 5) is 2.23. The Kier molecular flexibility index (Phi) is 5.10. The van der Waals surface area contributed by atoms with Gasteiger partial charge in [0, 0.05) is 18.5 Å². The van der Waals surface area contributed by atoms with Crippen LogP contribution in [0.3, 0.4) is 0 Å². The lowest BCUT2D eigenvalue weighted by Gasteiger charge is -2.38. The summed E-state index contributed by atoms with van der Waals surface area (Å²) in [6.45, 7) is 2.18. The average Bonchev–Trinajstić information content (AvgIpc) is 3.40. The van der Waals surface area contributed by atoms with Crippen molar-refractivity contribution in [3.8, 4) is 0 Å². The number of halogens is 1. The Morgan fingerprint density at radius 2 is 1.88 bits per heavy atom. The first-order valence-electron chi connectivity index (χ1n) is 9.04. The second-order valence-corrected chi connectivity index (χ2v) is 9.58. The maximum Gasteiger partial charge on any atom is 0.214 e. The molecule has 1 aromatic carbocycles. The molecule has 2 atom stereocenters. The van der Waals surface area contributed by atoms with Gasteiger partial charge in [-0.15, -0.1) is 0 Å². The van der Waals surface area contributed by atoms with Crippen molar-refractivity contribution in [3.63, 3.8) is 0 Å². The Morgan fingerprint density at radius 1 is 1.12 bits per heavy atom. The van der Waals surface area contributed by atoms with Crippen molar-refractivity contribution in [2.75, 3.05) is 13.1 Å². The van der Waals surface area contributed by atoms with Gasteiger partial charge in [0.15, 0.2) is 5.22 Å². The van der Waals surface area contributed by atoms with Gasteiger partial charge in [0.25, 0.3) is 0 Å². The minimum Gasteiger partial charge on any atom is -0.448 e. The van der Waals surface area contributed by atoms with Crippen LogP contribution >= 0.6 is 11.6 Å². The zero-order valence-corrected chi connectivity index (χ0v) is 16.0. The lowest BCUT2D eigenvalue weighted by Crippen LogP contribution is -2.51. The summed E-state index contributed by atoms with van der Waals surface area (Å²) in [5.41, 5.74) is 1.19. The zero-order valence-electron chi connectivity index (χ0n) is 14.5. The van der Waals surface area contributed by atoms with Gasteiger partial charge in [0.2, 0.25) is 10.0 Å². The fourth-order valence-corrected chi connectivity index (χ4v) is 5.50. The number of piperidine rings is 1. The first kappa shape index (κ1) is 18.0. The summed E-state index contributed by atoms with van der Waals surface area (Å²) in [5, 5.41) is 0.170. The molecule has 2 aliphatic rings. The predicted octanol–water partition coefficient (Wildman–Crippen LogP) is 3.37. The summed E-state index contributed by atoms with van der Waals surface area (Å²) in [5.74, 6) is 0.984. The maximum atomic E-state index is 12.5. The van der Waals surface area contributed by atoms with Crippen LogP contribution in [0.2, 0.25) is 5.22 Å². The lowest BCUT2D eigenvalue weighted by atomic mass is 9.86. The van der Waals surface area contributed by atoms with Crippen molar-refractivity contribution in [3.05, 3.63) is 59.0 Å². The van der Waals surface area contributed by atoms with Gasteiger partial charge >= 0.3 is 0 Å². The molecule has 1 aliphatic carbocycles. The molecule has 1 N–H and O–H groups in total. The smallest absolute Gasteiger partial charge is 0.214 e. The van der Waals surface area contributed by atoms with Gasteiger partial charge in [-0.05, 0) is 55.1 Å². The quantitative estimate of drug-likeness (QED) is 0.815. The first-order chi connectivity index (χ1) is 12.5. The molecule has 0 bridgehead atoms.